The van der Waals surface area contributed by atoms with E-state index in [1.807, 2.05) is 0 Å². The van der Waals surface area contributed by atoms with E-state index in [9.17, 15) is 0 Å². The van der Waals surface area contributed by atoms with Gasteiger partial charge in [-0.1, -0.05) is 137 Å². The predicted molar refractivity (Wildman–Crippen MR) is 377 cm³/mol. The van der Waals surface area contributed by atoms with Gasteiger partial charge in [-0.05, 0) is 109 Å². The first-order valence-corrected chi connectivity index (χ1v) is 23.7. The fourth-order valence-corrected chi connectivity index (χ4v) is 12.1. The quantitative estimate of drug-likeness (QED) is 0.122. The lowest BCUT2D eigenvalue weighted by atomic mass is 9.54. The normalized spacial score (nSPS) is 12.0. The van der Waals surface area contributed by atoms with Crippen molar-refractivity contribution in [3.05, 3.63) is 0 Å². The molecule has 0 saturated heterocycles. The molecule has 11 aromatic rings. The van der Waals surface area contributed by atoms with Crippen LogP contribution in [0.4, 0.5) is 0 Å². The van der Waals surface area contributed by atoms with Crippen LogP contribution >= 0.6 is 0 Å². The Hall–Kier alpha value is -4.55. The number of benzene rings is 11. The summed E-state index contributed by atoms with van der Waals surface area (Å²) in [6, 6.07) is 0. The summed E-state index contributed by atoms with van der Waals surface area (Å²) in [5.74, 6) is 0. The van der Waals surface area contributed by atoms with Gasteiger partial charge in [0, 0.05) is 0 Å². The second-order valence-electron chi connectivity index (χ2n) is 19.9. The molecule has 0 aromatic heterocycles. The maximum Gasteiger partial charge on any atom is 0.115 e. The van der Waals surface area contributed by atoms with Crippen LogP contribution in [0.2, 0.25) is 0 Å². The molecule has 0 heterocycles. The Morgan fingerprint density at radius 2 is 0.188 bits per heavy atom. The molecule has 0 aliphatic rings. The summed E-state index contributed by atoms with van der Waals surface area (Å²) in [6.45, 7) is 0. The van der Waals surface area contributed by atoms with Crippen molar-refractivity contribution < 1.29 is 0 Å². The van der Waals surface area contributed by atoms with Crippen LogP contribution in [0.15, 0.2) is 0 Å². The summed E-state index contributed by atoms with van der Waals surface area (Å²) in [5, 5.41) is 2.46. The van der Waals surface area contributed by atoms with Crippen molar-refractivity contribution in [2.75, 3.05) is 0 Å². The van der Waals surface area contributed by atoms with E-state index in [1.165, 1.54) is 0 Å². The monoisotopic (exact) mass is 930 g/mol. The minimum absolute atomic E-state index is 0.00272. The molecule has 0 fully saturated rings. The summed E-state index contributed by atoms with van der Waals surface area (Å²) in [7, 11) is 206. The first kappa shape index (κ1) is 57.3. The van der Waals surface area contributed by atoms with Crippen LogP contribution in [0.1, 0.15) is 0 Å². The molecule has 0 unspecified atom stereocenters. The predicted octanol–water partition coefficient (Wildman–Crippen LogP) is -22.0. The summed E-state index contributed by atoms with van der Waals surface area (Å²) in [6.07, 6.45) is 0. The molecule has 60 radical (unpaired) electrons. The molecule has 0 aliphatic carbocycles. The molecule has 0 spiro atoms. The van der Waals surface area contributed by atoms with Gasteiger partial charge in [0.25, 0.3) is 0 Å². The molecule has 80 heavy (non-hydrogen) atoms. The third kappa shape index (κ3) is 6.95. The van der Waals surface area contributed by atoms with Crippen LogP contribution in [-0.4, -0.2) is 235 Å². The highest BCUT2D eigenvalue weighted by molar-refractivity contribution is 6.79. The summed E-state index contributed by atoms with van der Waals surface area (Å²) >= 11 is 0. The molecule has 0 atom stereocenters. The Bertz CT molecular complexity index is 4460. The molecule has 0 N–H and O–H groups in total. The van der Waals surface area contributed by atoms with E-state index in [4.69, 9.17) is 235 Å². The van der Waals surface area contributed by atoms with Crippen LogP contribution in [0, 0.1) is 0 Å². The van der Waals surface area contributed by atoms with E-state index in [2.05, 4.69) is 0 Å². The summed E-state index contributed by atoms with van der Waals surface area (Å²) < 4.78 is 0. The first-order valence-electron chi connectivity index (χ1n) is 23.7. The van der Waals surface area contributed by atoms with Gasteiger partial charge in [-0.3, -0.25) is 0 Å². The van der Waals surface area contributed by atoms with Crippen molar-refractivity contribution in [1.29, 1.82) is 0 Å². The van der Waals surface area contributed by atoms with Crippen LogP contribution in [0.5, 0.6) is 0 Å². The van der Waals surface area contributed by atoms with E-state index < -0.39 is 0 Å². The maximum atomic E-state index is 7.31. The Morgan fingerprint density at radius 3 is 0.388 bits per heavy atom. The summed E-state index contributed by atoms with van der Waals surface area (Å²) in [4.78, 5) is 0. The fourth-order valence-electron chi connectivity index (χ4n) is 12.1. The van der Waals surface area contributed by atoms with Gasteiger partial charge < -0.3 is 0 Å². The molecule has 0 bridgehead atoms. The van der Waals surface area contributed by atoms with Gasteiger partial charge in [-0.15, -0.1) is 27.3 Å². The Labute approximate surface area is 504 Å². The van der Waals surface area contributed by atoms with Crippen LogP contribution in [-0.2, 0) is 0 Å². The van der Waals surface area contributed by atoms with Crippen molar-refractivity contribution in [2.24, 2.45) is 0 Å². The second-order valence-corrected chi connectivity index (χ2v) is 19.9. The lowest BCUT2D eigenvalue weighted by Crippen LogP contribution is -2.53. The van der Waals surface area contributed by atoms with Gasteiger partial charge >= 0.3 is 0 Å². The highest BCUT2D eigenvalue weighted by atomic mass is 14.3. The molecule has 0 saturated carbocycles. The third-order valence-corrected chi connectivity index (χ3v) is 16.2. The molecule has 30 heteroatoms. The van der Waals surface area contributed by atoms with E-state index >= 15 is 0 Å². The van der Waals surface area contributed by atoms with Crippen LogP contribution < -0.4 is 164 Å². The smallest absolute Gasteiger partial charge is 0.109 e. The Kier molecular flexibility index (Phi) is 13.6. The largest absolute Gasteiger partial charge is 0.115 e. The van der Waals surface area contributed by atoms with Crippen molar-refractivity contribution in [3.8, 4) is 44.5 Å². The molecule has 11 rings (SSSR count). The zero-order chi connectivity index (χ0) is 58.9. The molecule has 11 aromatic carbocycles. The molecule has 0 aliphatic heterocycles. The van der Waals surface area contributed by atoms with Gasteiger partial charge in [0.15, 0.2) is 0 Å². The Balaban J connectivity index is 1.27. The van der Waals surface area contributed by atoms with E-state index in [0.29, 0.717) is 10.8 Å². The zero-order valence-electron chi connectivity index (χ0n) is 42.3. The molecular formula is C50B30. The highest BCUT2D eigenvalue weighted by Gasteiger charge is 2.31. The SMILES string of the molecule is [B]c1c([B])c(-c2c([B])c([B])c([B])c(-c3c([B])c([B])c4c([B])c([B])c5c([B])c([B])c([B])c6c([B])c([B])c3c4c56)c2[B])c([B])c(-c2c([B])c([B])c([B])c(-c3c([B])c([B])c4c([B])c([B])c5c([B])c([B])c([B])c6c([B])c([B])c3c4c56)c2[B])c1[B]. The standard InChI is InChI=1S/C50B30/c51-21-15(7-5-1-3-11(30(60)24(5)54)36(66)46(76)38(68)13(3)34(64)32(62)9(1)28(58)26(7)56)40(70)48(78)42(72)17(21)19-23(53)20(45(75)50(80)44(19)74)18-22(52)16(41(71)49(79)43(18)73)8-6-2-4-12(31(61)25(6)55)37(67)47(77)39(69)14(4)35(65)33(63)10(2)29(59)27(8)57. The van der Waals surface area contributed by atoms with Crippen molar-refractivity contribution in [2.45, 2.75) is 0 Å². The Morgan fingerprint density at radius 1 is 0.0750 bits per heavy atom. The first-order chi connectivity index (χ1) is 37.3. The molecule has 290 valence electrons. The van der Waals surface area contributed by atoms with E-state index in [1.54, 1.807) is 0 Å². The summed E-state index contributed by atoms with van der Waals surface area (Å²) in [5.41, 5.74) is -4.87. The van der Waals surface area contributed by atoms with Gasteiger partial charge in [0.05, 0.1) is 0 Å². The van der Waals surface area contributed by atoms with Crippen LogP contribution in [0.3, 0.4) is 0 Å². The third-order valence-electron chi connectivity index (χ3n) is 16.2. The van der Waals surface area contributed by atoms with Gasteiger partial charge in [0.1, 0.15) is 235 Å². The van der Waals surface area contributed by atoms with Gasteiger partial charge in [-0.2, -0.15) is 0 Å². The van der Waals surface area contributed by atoms with Crippen molar-refractivity contribution >= 4 is 464 Å². The van der Waals surface area contributed by atoms with E-state index in [0.717, 1.165) is 0 Å². The molecular weight excluding hydrogens is 925 g/mol. The lowest BCUT2D eigenvalue weighted by Gasteiger charge is -2.34. The number of hydrogen-bond acceptors (Lipinski definition) is 0. The number of rotatable bonds is 4. The molecule has 0 amide bonds. The average molecular weight is 925 g/mol. The fraction of sp³-hybridized carbons (Fsp3) is 0. The minimum atomic E-state index is -0.298. The van der Waals surface area contributed by atoms with Gasteiger partial charge in [-0.25, -0.2) is 0 Å². The maximum absolute atomic E-state index is 7.31. The average Bonchev–Trinajstić information content (AvgIpc) is 2.51. The number of hydrogen-bond donors (Lipinski definition) is 0. The van der Waals surface area contributed by atoms with Crippen molar-refractivity contribution in [3.63, 3.8) is 0 Å². The highest BCUT2D eigenvalue weighted by Crippen LogP contribution is 2.35. The van der Waals surface area contributed by atoms with Gasteiger partial charge in [0.2, 0.25) is 0 Å². The second kappa shape index (κ2) is 19.0. The lowest BCUT2D eigenvalue weighted by molar-refractivity contribution is 1.79. The van der Waals surface area contributed by atoms with E-state index in [-0.39, 0.29) is 262 Å². The minimum Gasteiger partial charge on any atom is -0.109 e. The topological polar surface area (TPSA) is 0 Å². The molecule has 0 nitrogen and oxygen atoms in total. The van der Waals surface area contributed by atoms with Crippen LogP contribution in [0.25, 0.3) is 109 Å². The zero-order valence-corrected chi connectivity index (χ0v) is 42.3. The van der Waals surface area contributed by atoms with Crippen molar-refractivity contribution in [1.82, 2.24) is 0 Å².